The number of hydrogen-bond acceptors (Lipinski definition) is 6. The fourth-order valence-electron chi connectivity index (χ4n) is 6.02. The molecule has 1 atom stereocenters. The Labute approximate surface area is 222 Å². The minimum atomic E-state index is -0.485. The maximum atomic E-state index is 12.3. The van der Waals surface area contributed by atoms with Gasteiger partial charge in [-0.15, -0.1) is 0 Å². The predicted octanol–water partition coefficient (Wildman–Crippen LogP) is 5.65. The molecule has 7 heteroatoms. The third-order valence-electron chi connectivity index (χ3n) is 8.23. The predicted molar refractivity (Wildman–Crippen MR) is 143 cm³/mol. The van der Waals surface area contributed by atoms with Crippen molar-refractivity contribution in [3.63, 3.8) is 0 Å². The molecule has 2 aliphatic heterocycles. The van der Waals surface area contributed by atoms with Crippen LogP contribution >= 0.6 is 0 Å². The highest BCUT2D eigenvalue weighted by atomic mass is 16.7. The Kier molecular flexibility index (Phi) is 8.83. The van der Waals surface area contributed by atoms with Crippen molar-refractivity contribution in [3.05, 3.63) is 35.4 Å². The molecule has 3 aliphatic rings. The highest BCUT2D eigenvalue weighted by Crippen LogP contribution is 2.40. The van der Waals surface area contributed by atoms with Crippen LogP contribution in [0, 0.1) is 34.5 Å². The Morgan fingerprint density at radius 3 is 2.24 bits per heavy atom. The second kappa shape index (κ2) is 11.7. The van der Waals surface area contributed by atoms with Crippen LogP contribution in [-0.4, -0.2) is 55.7 Å². The van der Waals surface area contributed by atoms with Gasteiger partial charge in [0.25, 0.3) is 0 Å². The van der Waals surface area contributed by atoms with E-state index in [1.807, 2.05) is 32.9 Å². The summed E-state index contributed by atoms with van der Waals surface area (Å²) in [7, 11) is 0. The van der Waals surface area contributed by atoms with Crippen molar-refractivity contribution in [2.75, 3.05) is 32.8 Å². The monoisotopic (exact) mass is 511 g/mol. The van der Waals surface area contributed by atoms with E-state index in [1.54, 1.807) is 4.90 Å². The molecular formula is C30H45N3O4. The molecule has 2 heterocycles. The minimum Gasteiger partial charge on any atom is -0.444 e. The van der Waals surface area contributed by atoms with Crippen LogP contribution < -0.4 is 5.32 Å². The number of hydrogen-bond donors (Lipinski definition) is 1. The van der Waals surface area contributed by atoms with Crippen molar-refractivity contribution in [1.29, 1.82) is 5.26 Å². The molecule has 1 N–H and O–H groups in total. The SMILES string of the molecule is CC(C)C1CCC(C(NCCC2OCC3(CO2)CN(C(=O)OC(C)(C)C)C3)c2ccc(C#N)cc2)CC1. The van der Waals surface area contributed by atoms with E-state index >= 15 is 0 Å². The molecule has 2 saturated heterocycles. The number of rotatable bonds is 7. The fourth-order valence-corrected chi connectivity index (χ4v) is 6.02. The van der Waals surface area contributed by atoms with Crippen molar-refractivity contribution >= 4 is 6.09 Å². The summed E-state index contributed by atoms with van der Waals surface area (Å²) < 4.78 is 17.7. The van der Waals surface area contributed by atoms with E-state index in [4.69, 9.17) is 14.2 Å². The molecule has 204 valence electrons. The Morgan fingerprint density at radius 2 is 1.70 bits per heavy atom. The fraction of sp³-hybridized carbons (Fsp3) is 0.733. The molecule has 1 unspecified atom stereocenters. The minimum absolute atomic E-state index is 0.110. The normalized spacial score (nSPS) is 24.9. The van der Waals surface area contributed by atoms with Gasteiger partial charge >= 0.3 is 6.09 Å². The van der Waals surface area contributed by atoms with Gasteiger partial charge in [0.2, 0.25) is 0 Å². The average Bonchev–Trinajstić information content (AvgIpc) is 2.85. The van der Waals surface area contributed by atoms with E-state index in [-0.39, 0.29) is 23.8 Å². The molecule has 1 spiro atoms. The second-order valence-corrected chi connectivity index (χ2v) is 12.8. The number of ether oxygens (including phenoxy) is 3. The van der Waals surface area contributed by atoms with Gasteiger partial charge in [0.15, 0.2) is 6.29 Å². The summed E-state index contributed by atoms with van der Waals surface area (Å²) in [5.74, 6) is 2.17. The third-order valence-corrected chi connectivity index (χ3v) is 8.23. The van der Waals surface area contributed by atoms with E-state index in [0.717, 1.165) is 24.8 Å². The van der Waals surface area contributed by atoms with Gasteiger partial charge < -0.3 is 24.4 Å². The highest BCUT2D eigenvalue weighted by Gasteiger charge is 2.49. The van der Waals surface area contributed by atoms with E-state index < -0.39 is 5.60 Å². The number of nitriles is 1. The molecule has 1 aromatic rings. The maximum Gasteiger partial charge on any atom is 0.410 e. The smallest absolute Gasteiger partial charge is 0.410 e. The van der Waals surface area contributed by atoms with Gasteiger partial charge in [-0.2, -0.15) is 5.26 Å². The number of nitrogens with zero attached hydrogens (tertiary/aromatic N) is 2. The molecular weight excluding hydrogens is 466 g/mol. The van der Waals surface area contributed by atoms with Crippen molar-refractivity contribution in [2.45, 2.75) is 84.7 Å². The summed E-state index contributed by atoms with van der Waals surface area (Å²) in [6, 6.07) is 10.6. The van der Waals surface area contributed by atoms with E-state index in [1.165, 1.54) is 31.2 Å². The standard InChI is InChI=1S/C30H45N3O4/c1-21(2)23-10-12-25(13-11-23)27(24-8-6-22(16-31)7-9-24)32-15-14-26-35-19-30(20-36-26)17-33(18-30)28(34)37-29(3,4)5/h6-9,21,23,25-27,32H,10-15,17-20H2,1-5H3. The summed E-state index contributed by atoms with van der Waals surface area (Å²) in [5.41, 5.74) is 1.36. The van der Waals surface area contributed by atoms with Crippen LogP contribution in [0.5, 0.6) is 0 Å². The molecule has 1 saturated carbocycles. The largest absolute Gasteiger partial charge is 0.444 e. The Morgan fingerprint density at radius 1 is 1.11 bits per heavy atom. The third kappa shape index (κ3) is 7.25. The lowest BCUT2D eigenvalue weighted by molar-refractivity contribution is -0.255. The van der Waals surface area contributed by atoms with Crippen LogP contribution in [0.3, 0.4) is 0 Å². The number of amides is 1. The van der Waals surface area contributed by atoms with Gasteiger partial charge in [-0.3, -0.25) is 0 Å². The number of likely N-dealkylation sites (tertiary alicyclic amines) is 1. The number of carbonyl (C=O) groups is 1. The average molecular weight is 512 g/mol. The van der Waals surface area contributed by atoms with Crippen molar-refractivity contribution in [2.24, 2.45) is 23.2 Å². The zero-order chi connectivity index (χ0) is 26.6. The highest BCUT2D eigenvalue weighted by molar-refractivity contribution is 5.69. The van der Waals surface area contributed by atoms with Crippen LogP contribution in [0.4, 0.5) is 4.79 Å². The van der Waals surface area contributed by atoms with Gasteiger partial charge in [0, 0.05) is 32.1 Å². The Balaban J connectivity index is 1.25. The van der Waals surface area contributed by atoms with Gasteiger partial charge in [0.05, 0.1) is 30.3 Å². The molecule has 7 nitrogen and oxygen atoms in total. The van der Waals surface area contributed by atoms with Gasteiger partial charge in [0.1, 0.15) is 5.60 Å². The topological polar surface area (TPSA) is 83.8 Å². The summed E-state index contributed by atoms with van der Waals surface area (Å²) in [6.07, 6.45) is 5.32. The molecule has 37 heavy (non-hydrogen) atoms. The van der Waals surface area contributed by atoms with Crippen LogP contribution in [0.15, 0.2) is 24.3 Å². The molecule has 0 bridgehead atoms. The molecule has 1 amide bonds. The summed E-state index contributed by atoms with van der Waals surface area (Å²) >= 11 is 0. The van der Waals surface area contributed by atoms with Gasteiger partial charge in [-0.05, 0) is 81.9 Å². The van der Waals surface area contributed by atoms with Crippen molar-refractivity contribution in [3.8, 4) is 6.07 Å². The first kappa shape index (κ1) is 27.9. The molecule has 0 radical (unpaired) electrons. The first-order chi connectivity index (χ1) is 17.6. The van der Waals surface area contributed by atoms with Crippen LogP contribution in [0.2, 0.25) is 0 Å². The summed E-state index contributed by atoms with van der Waals surface area (Å²) in [6.45, 7) is 13.6. The zero-order valence-electron chi connectivity index (χ0n) is 23.3. The second-order valence-electron chi connectivity index (χ2n) is 12.8. The number of carbonyl (C=O) groups excluding carboxylic acids is 1. The maximum absolute atomic E-state index is 12.3. The van der Waals surface area contributed by atoms with Gasteiger partial charge in [-0.25, -0.2) is 4.79 Å². The number of nitrogens with one attached hydrogen (secondary N) is 1. The zero-order valence-corrected chi connectivity index (χ0v) is 23.3. The Bertz CT molecular complexity index is 925. The van der Waals surface area contributed by atoms with Crippen molar-refractivity contribution < 1.29 is 19.0 Å². The van der Waals surface area contributed by atoms with Crippen LogP contribution in [0.1, 0.15) is 83.9 Å². The van der Waals surface area contributed by atoms with E-state index in [9.17, 15) is 10.1 Å². The first-order valence-electron chi connectivity index (χ1n) is 14.0. The lowest BCUT2D eigenvalue weighted by Gasteiger charge is -2.52. The Hall–Kier alpha value is -2.14. The lowest BCUT2D eigenvalue weighted by Crippen LogP contribution is -2.65. The van der Waals surface area contributed by atoms with Crippen LogP contribution in [-0.2, 0) is 14.2 Å². The molecule has 3 fully saturated rings. The summed E-state index contributed by atoms with van der Waals surface area (Å²) in [4.78, 5) is 14.0. The molecule has 1 aromatic carbocycles. The molecule has 1 aliphatic carbocycles. The van der Waals surface area contributed by atoms with Crippen molar-refractivity contribution in [1.82, 2.24) is 10.2 Å². The van der Waals surface area contributed by atoms with Gasteiger partial charge in [-0.1, -0.05) is 26.0 Å². The van der Waals surface area contributed by atoms with Crippen LogP contribution in [0.25, 0.3) is 0 Å². The molecule has 4 rings (SSSR count). The number of benzene rings is 1. The molecule has 0 aromatic heterocycles. The lowest BCUT2D eigenvalue weighted by atomic mass is 9.73. The quantitative estimate of drug-likeness (QED) is 0.509. The first-order valence-corrected chi connectivity index (χ1v) is 14.0. The van der Waals surface area contributed by atoms with E-state index in [2.05, 4.69) is 37.4 Å². The summed E-state index contributed by atoms with van der Waals surface area (Å²) in [5, 5.41) is 13.0. The van der Waals surface area contributed by atoms with E-state index in [0.29, 0.717) is 37.8 Å².